The van der Waals surface area contributed by atoms with Gasteiger partial charge in [-0.25, -0.2) is 4.98 Å². The lowest BCUT2D eigenvalue weighted by molar-refractivity contribution is 0.0949. The maximum absolute atomic E-state index is 13.2. The van der Waals surface area contributed by atoms with E-state index in [-0.39, 0.29) is 11.8 Å². The molecule has 0 atom stereocenters. The van der Waals surface area contributed by atoms with Gasteiger partial charge >= 0.3 is 0 Å². The van der Waals surface area contributed by atoms with E-state index in [0.717, 1.165) is 12.2 Å². The number of carbonyl (C=O) groups is 2. The van der Waals surface area contributed by atoms with Gasteiger partial charge in [-0.05, 0) is 50.8 Å². The van der Waals surface area contributed by atoms with Crippen LogP contribution in [0, 0.1) is 0 Å². The Morgan fingerprint density at radius 1 is 1.13 bits per heavy atom. The van der Waals surface area contributed by atoms with Gasteiger partial charge in [0.25, 0.3) is 11.8 Å². The maximum Gasteiger partial charge on any atom is 0.259 e. The van der Waals surface area contributed by atoms with Crippen molar-refractivity contribution in [2.45, 2.75) is 13.3 Å². The van der Waals surface area contributed by atoms with Crippen molar-refractivity contribution in [1.29, 1.82) is 0 Å². The van der Waals surface area contributed by atoms with Crippen molar-refractivity contribution in [2.75, 3.05) is 46.2 Å². The van der Waals surface area contributed by atoms with E-state index in [1.165, 1.54) is 0 Å². The number of amides is 2. The number of anilines is 1. The van der Waals surface area contributed by atoms with Gasteiger partial charge < -0.3 is 15.0 Å². The summed E-state index contributed by atoms with van der Waals surface area (Å²) >= 11 is 0. The molecule has 0 spiro atoms. The molecule has 0 aliphatic carbocycles. The van der Waals surface area contributed by atoms with Gasteiger partial charge in [0.15, 0.2) is 0 Å². The van der Waals surface area contributed by atoms with Crippen molar-refractivity contribution >= 4 is 23.3 Å². The van der Waals surface area contributed by atoms with E-state index in [1.807, 2.05) is 25.9 Å². The Morgan fingerprint density at radius 2 is 1.90 bits per heavy atom. The van der Waals surface area contributed by atoms with Gasteiger partial charge in [0.2, 0.25) is 0 Å². The van der Waals surface area contributed by atoms with Crippen molar-refractivity contribution in [3.8, 4) is 5.75 Å². The molecule has 2 amide bonds. The first-order valence-corrected chi connectivity index (χ1v) is 10.2. The number of likely N-dealkylation sites (N-methyl/N-ethyl adjacent to an activating group) is 1. The number of carbonyl (C=O) groups excluding carboxylic acids is 2. The fraction of sp³-hybridized carbons (Fsp3) is 0.348. The third-order valence-corrected chi connectivity index (χ3v) is 5.04. The number of imidazole rings is 1. The number of hydrogen-bond donors (Lipinski definition) is 1. The van der Waals surface area contributed by atoms with E-state index in [4.69, 9.17) is 4.74 Å². The minimum absolute atomic E-state index is 0.164. The smallest absolute Gasteiger partial charge is 0.259 e. The summed E-state index contributed by atoms with van der Waals surface area (Å²) in [4.78, 5) is 34.0. The molecule has 0 saturated heterocycles. The zero-order valence-electron chi connectivity index (χ0n) is 18.7. The number of rotatable bonds is 8. The average molecular weight is 424 g/mol. The number of aromatic nitrogens is 2. The monoisotopic (exact) mass is 423 g/mol. The Bertz CT molecular complexity index is 1090. The van der Waals surface area contributed by atoms with Crippen LogP contribution < -0.4 is 15.0 Å². The van der Waals surface area contributed by atoms with Gasteiger partial charge in [-0.1, -0.05) is 13.0 Å². The van der Waals surface area contributed by atoms with Crippen LogP contribution >= 0.6 is 0 Å². The summed E-state index contributed by atoms with van der Waals surface area (Å²) in [5.74, 6) is 0.914. The summed E-state index contributed by atoms with van der Waals surface area (Å²) in [6, 6.07) is 10.6. The summed E-state index contributed by atoms with van der Waals surface area (Å²) in [5.41, 5.74) is 2.48. The topological polar surface area (TPSA) is 79.2 Å². The summed E-state index contributed by atoms with van der Waals surface area (Å²) < 4.78 is 7.05. The van der Waals surface area contributed by atoms with Crippen molar-refractivity contribution < 1.29 is 14.3 Å². The van der Waals surface area contributed by atoms with Gasteiger partial charge in [0, 0.05) is 31.9 Å². The van der Waals surface area contributed by atoms with Crippen LogP contribution in [0.3, 0.4) is 0 Å². The van der Waals surface area contributed by atoms with E-state index in [2.05, 4.69) is 10.3 Å². The normalized spacial score (nSPS) is 11.0. The van der Waals surface area contributed by atoms with Crippen LogP contribution in [0.2, 0.25) is 0 Å². The highest BCUT2D eigenvalue weighted by Gasteiger charge is 2.22. The van der Waals surface area contributed by atoms with E-state index in [1.54, 1.807) is 66.1 Å². The molecule has 2 heterocycles. The van der Waals surface area contributed by atoms with Gasteiger partial charge in [0.05, 0.1) is 18.4 Å². The molecule has 0 bridgehead atoms. The molecule has 31 heavy (non-hydrogen) atoms. The van der Waals surface area contributed by atoms with Gasteiger partial charge in [0.1, 0.15) is 17.2 Å². The Balaban J connectivity index is 1.96. The third-order valence-electron chi connectivity index (χ3n) is 5.04. The van der Waals surface area contributed by atoms with Gasteiger partial charge in [-0.2, -0.15) is 0 Å². The molecule has 0 saturated carbocycles. The maximum atomic E-state index is 13.2. The molecule has 0 aliphatic heterocycles. The Kier molecular flexibility index (Phi) is 6.91. The molecule has 0 aliphatic rings. The molecule has 3 rings (SSSR count). The summed E-state index contributed by atoms with van der Waals surface area (Å²) in [6.07, 6.45) is 2.38. The number of aryl methyl sites for hydroxylation is 1. The van der Waals surface area contributed by atoms with E-state index in [0.29, 0.717) is 41.3 Å². The lowest BCUT2D eigenvalue weighted by Gasteiger charge is -2.19. The van der Waals surface area contributed by atoms with E-state index < -0.39 is 0 Å². The second-order valence-corrected chi connectivity index (χ2v) is 7.54. The summed E-state index contributed by atoms with van der Waals surface area (Å²) in [5, 5.41) is 2.92. The van der Waals surface area contributed by atoms with Crippen LogP contribution in [0.5, 0.6) is 5.75 Å². The standard InChI is InChI=1S/C23H29N5O3/c1-6-19-22(27(4)23(30)16-8-7-9-18(14-16)31-5)28-15-17(10-11-20(28)25-19)21(29)24-12-13-26(2)3/h7-11,14-15H,6,12-13H2,1-5H3,(H,24,29). The lowest BCUT2D eigenvalue weighted by Crippen LogP contribution is -2.31. The highest BCUT2D eigenvalue weighted by atomic mass is 16.5. The molecule has 1 aromatic carbocycles. The van der Waals surface area contributed by atoms with Crippen molar-refractivity contribution in [2.24, 2.45) is 0 Å². The van der Waals surface area contributed by atoms with Crippen LogP contribution in [-0.4, -0.2) is 67.4 Å². The number of pyridine rings is 1. The quantitative estimate of drug-likeness (QED) is 0.602. The zero-order chi connectivity index (χ0) is 22.5. The highest BCUT2D eigenvalue weighted by Crippen LogP contribution is 2.25. The van der Waals surface area contributed by atoms with Crippen molar-refractivity contribution in [3.63, 3.8) is 0 Å². The summed E-state index contributed by atoms with van der Waals surface area (Å²) in [7, 11) is 7.20. The van der Waals surface area contributed by atoms with Crippen molar-refractivity contribution in [1.82, 2.24) is 19.6 Å². The number of methoxy groups -OCH3 is 1. The second kappa shape index (κ2) is 9.61. The molecule has 8 heteroatoms. The number of benzene rings is 1. The Labute approximate surface area is 182 Å². The minimum Gasteiger partial charge on any atom is -0.497 e. The largest absolute Gasteiger partial charge is 0.497 e. The molecule has 1 N–H and O–H groups in total. The molecule has 164 valence electrons. The predicted octanol–water partition coefficient (Wildman–Crippen LogP) is 2.47. The third kappa shape index (κ3) is 4.86. The SMILES string of the molecule is CCc1nc2ccc(C(=O)NCCN(C)C)cn2c1N(C)C(=O)c1cccc(OC)c1. The minimum atomic E-state index is -0.184. The number of hydrogen-bond acceptors (Lipinski definition) is 5. The average Bonchev–Trinajstić information content (AvgIpc) is 3.15. The molecule has 3 aromatic rings. The fourth-order valence-corrected chi connectivity index (χ4v) is 3.35. The zero-order valence-corrected chi connectivity index (χ0v) is 18.7. The molecule has 0 fully saturated rings. The van der Waals surface area contributed by atoms with Gasteiger partial charge in [-0.15, -0.1) is 0 Å². The molecule has 2 aromatic heterocycles. The molecule has 0 radical (unpaired) electrons. The van der Waals surface area contributed by atoms with E-state index >= 15 is 0 Å². The first kappa shape index (κ1) is 22.3. The predicted molar refractivity (Wildman–Crippen MR) is 121 cm³/mol. The molecular weight excluding hydrogens is 394 g/mol. The number of fused-ring (bicyclic) bond motifs is 1. The number of ether oxygens (including phenoxy) is 1. The van der Waals surface area contributed by atoms with E-state index in [9.17, 15) is 9.59 Å². The van der Waals surface area contributed by atoms with Crippen LogP contribution in [0.25, 0.3) is 5.65 Å². The first-order chi connectivity index (χ1) is 14.8. The number of nitrogens with zero attached hydrogens (tertiary/aromatic N) is 4. The number of nitrogens with one attached hydrogen (secondary N) is 1. The first-order valence-electron chi connectivity index (χ1n) is 10.2. The fourth-order valence-electron chi connectivity index (χ4n) is 3.35. The molecular formula is C23H29N5O3. The Morgan fingerprint density at radius 3 is 2.58 bits per heavy atom. The van der Waals surface area contributed by atoms with Crippen LogP contribution in [0.1, 0.15) is 33.3 Å². The summed E-state index contributed by atoms with van der Waals surface area (Å²) in [6.45, 7) is 3.29. The van der Waals surface area contributed by atoms with Crippen LogP contribution in [0.4, 0.5) is 5.82 Å². The molecule has 8 nitrogen and oxygen atoms in total. The van der Waals surface area contributed by atoms with Crippen molar-refractivity contribution in [3.05, 3.63) is 59.4 Å². The Hall–Kier alpha value is -3.39. The lowest BCUT2D eigenvalue weighted by atomic mass is 10.2. The van der Waals surface area contributed by atoms with Crippen LogP contribution in [0.15, 0.2) is 42.6 Å². The molecule has 0 unspecified atom stereocenters. The highest BCUT2D eigenvalue weighted by molar-refractivity contribution is 6.06. The van der Waals surface area contributed by atoms with Crippen LogP contribution in [-0.2, 0) is 6.42 Å². The second-order valence-electron chi connectivity index (χ2n) is 7.54. The van der Waals surface area contributed by atoms with Gasteiger partial charge in [-0.3, -0.25) is 18.9 Å².